The van der Waals surface area contributed by atoms with Crippen LogP contribution in [0.1, 0.15) is 17.3 Å². The molecule has 2 aromatic rings. The highest BCUT2D eigenvalue weighted by molar-refractivity contribution is 7.99. The fraction of sp³-hybridized carbons (Fsp3) is 0.286. The number of benzene rings is 1. The van der Waals surface area contributed by atoms with E-state index in [1.165, 1.54) is 0 Å². The van der Waals surface area contributed by atoms with E-state index in [0.717, 1.165) is 26.9 Å². The second kappa shape index (κ2) is 4.64. The lowest BCUT2D eigenvalue weighted by Crippen LogP contribution is -2.27. The molecule has 1 aromatic heterocycles. The Morgan fingerprint density at radius 1 is 1.30 bits per heavy atom. The fourth-order valence-electron chi connectivity index (χ4n) is 2.40. The maximum absolute atomic E-state index is 11.9. The fourth-order valence-corrected chi connectivity index (χ4v) is 3.35. The van der Waals surface area contributed by atoms with Gasteiger partial charge in [-0.05, 0) is 25.1 Å². The number of nitrogens with zero attached hydrogens (tertiary/aromatic N) is 3. The van der Waals surface area contributed by atoms with Crippen molar-refractivity contribution >= 4 is 23.4 Å². The van der Waals surface area contributed by atoms with Gasteiger partial charge in [-0.15, -0.1) is 0 Å². The summed E-state index contributed by atoms with van der Waals surface area (Å²) in [5.41, 5.74) is 8.68. The molecule has 1 aliphatic heterocycles. The van der Waals surface area contributed by atoms with Gasteiger partial charge in [0, 0.05) is 30.2 Å². The van der Waals surface area contributed by atoms with E-state index < -0.39 is 6.04 Å². The monoisotopic (exact) mass is 288 g/mol. The summed E-state index contributed by atoms with van der Waals surface area (Å²) in [4.78, 5) is 14.6. The minimum absolute atomic E-state index is 0.0569. The van der Waals surface area contributed by atoms with Crippen LogP contribution in [0, 0.1) is 6.92 Å². The summed E-state index contributed by atoms with van der Waals surface area (Å²) in [6, 6.07) is 7.45. The number of amides is 1. The number of aromatic nitrogens is 2. The molecular formula is C14H16N4OS. The molecule has 5 nitrogen and oxygen atoms in total. The quantitative estimate of drug-likeness (QED) is 0.916. The van der Waals surface area contributed by atoms with Crippen LogP contribution < -0.4 is 10.6 Å². The second-order valence-corrected chi connectivity index (χ2v) is 6.04. The zero-order chi connectivity index (χ0) is 14.4. The van der Waals surface area contributed by atoms with E-state index >= 15 is 0 Å². The van der Waals surface area contributed by atoms with E-state index in [1.54, 1.807) is 23.7 Å². The average molecular weight is 288 g/mol. The first-order valence-electron chi connectivity index (χ1n) is 6.33. The van der Waals surface area contributed by atoms with Crippen LogP contribution in [0.3, 0.4) is 0 Å². The molecule has 1 amide bonds. The largest absolute Gasteiger partial charge is 0.316 e. The van der Waals surface area contributed by atoms with Crippen molar-refractivity contribution in [3.63, 3.8) is 0 Å². The highest BCUT2D eigenvalue weighted by Gasteiger charge is 2.32. The van der Waals surface area contributed by atoms with E-state index in [1.807, 2.05) is 42.9 Å². The number of carbonyl (C=O) groups excluding carboxylic acids is 1. The Morgan fingerprint density at radius 2 is 2.05 bits per heavy atom. The number of hydrogen-bond donors (Lipinski definition) is 1. The molecule has 0 radical (unpaired) electrons. The van der Waals surface area contributed by atoms with Gasteiger partial charge in [-0.2, -0.15) is 5.10 Å². The summed E-state index contributed by atoms with van der Waals surface area (Å²) in [5, 5.41) is 5.40. The van der Waals surface area contributed by atoms with Gasteiger partial charge in [0.15, 0.2) is 0 Å². The van der Waals surface area contributed by atoms with E-state index in [-0.39, 0.29) is 5.91 Å². The van der Waals surface area contributed by atoms with E-state index in [2.05, 4.69) is 5.10 Å². The Balaban J connectivity index is 1.94. The molecule has 104 valence electrons. The molecule has 6 heteroatoms. The molecule has 20 heavy (non-hydrogen) atoms. The van der Waals surface area contributed by atoms with E-state index in [9.17, 15) is 4.79 Å². The number of aryl methyl sites for hydroxylation is 2. The Bertz CT molecular complexity index is 694. The molecule has 0 bridgehead atoms. The number of likely N-dealkylation sites (N-methyl/N-ethyl adjacent to an activating group) is 1. The minimum atomic E-state index is -0.534. The van der Waals surface area contributed by atoms with Crippen LogP contribution in [0.15, 0.2) is 34.2 Å². The molecule has 1 atom stereocenters. The van der Waals surface area contributed by atoms with Crippen molar-refractivity contribution < 1.29 is 4.79 Å². The smallest absolute Gasteiger partial charge is 0.248 e. The van der Waals surface area contributed by atoms with Crippen LogP contribution in [0.5, 0.6) is 0 Å². The molecule has 3 rings (SSSR count). The molecule has 0 spiro atoms. The Hall–Kier alpha value is -1.79. The van der Waals surface area contributed by atoms with E-state index in [4.69, 9.17) is 5.73 Å². The molecule has 2 N–H and O–H groups in total. The van der Waals surface area contributed by atoms with Gasteiger partial charge < -0.3 is 10.6 Å². The van der Waals surface area contributed by atoms with Crippen molar-refractivity contribution in [3.05, 3.63) is 35.5 Å². The summed E-state index contributed by atoms with van der Waals surface area (Å²) >= 11 is 1.63. The van der Waals surface area contributed by atoms with Crippen LogP contribution >= 0.6 is 11.8 Å². The Kier molecular flexibility index (Phi) is 3.07. The predicted octanol–water partition coefficient (Wildman–Crippen LogP) is 1.86. The molecule has 1 aliphatic rings. The van der Waals surface area contributed by atoms with Crippen molar-refractivity contribution in [2.75, 3.05) is 11.9 Å². The number of rotatable bonds is 2. The molecule has 2 heterocycles. The summed E-state index contributed by atoms with van der Waals surface area (Å²) < 4.78 is 1.85. The van der Waals surface area contributed by atoms with Crippen LogP contribution in [0.4, 0.5) is 5.69 Å². The zero-order valence-corrected chi connectivity index (χ0v) is 12.4. The summed E-state index contributed by atoms with van der Waals surface area (Å²) in [7, 11) is 3.69. The molecular weight excluding hydrogens is 272 g/mol. The Labute approximate surface area is 121 Å². The minimum Gasteiger partial charge on any atom is -0.316 e. The van der Waals surface area contributed by atoms with Crippen molar-refractivity contribution in [3.8, 4) is 0 Å². The Morgan fingerprint density at radius 3 is 2.70 bits per heavy atom. The first kappa shape index (κ1) is 13.2. The second-order valence-electron chi connectivity index (χ2n) is 4.95. The highest BCUT2D eigenvalue weighted by atomic mass is 32.2. The molecule has 0 saturated heterocycles. The summed E-state index contributed by atoms with van der Waals surface area (Å²) in [5.74, 6) is -0.0569. The van der Waals surface area contributed by atoms with Crippen molar-refractivity contribution in [2.24, 2.45) is 12.8 Å². The van der Waals surface area contributed by atoms with E-state index in [0.29, 0.717) is 0 Å². The highest BCUT2D eigenvalue weighted by Crippen LogP contribution is 2.38. The van der Waals surface area contributed by atoms with Gasteiger partial charge in [0.2, 0.25) is 5.91 Å². The van der Waals surface area contributed by atoms with Gasteiger partial charge in [0.05, 0.1) is 10.7 Å². The number of fused-ring (bicyclic) bond motifs is 1. The topological polar surface area (TPSA) is 64.2 Å². The SMILES string of the molecule is Cc1cc(Sc2ccc3c(c2)N(C)C(=O)C3N)n(C)n1. The maximum Gasteiger partial charge on any atom is 0.248 e. The first-order chi connectivity index (χ1) is 9.47. The number of nitrogens with two attached hydrogens (primary N) is 1. The third-order valence-corrected chi connectivity index (χ3v) is 4.56. The number of hydrogen-bond acceptors (Lipinski definition) is 4. The normalized spacial score (nSPS) is 17.7. The van der Waals surface area contributed by atoms with Crippen LogP contribution in [-0.2, 0) is 11.8 Å². The van der Waals surface area contributed by atoms with Crippen LogP contribution in [0.2, 0.25) is 0 Å². The maximum atomic E-state index is 11.9. The third-order valence-electron chi connectivity index (χ3n) is 3.48. The zero-order valence-electron chi connectivity index (χ0n) is 11.6. The third kappa shape index (κ3) is 2.01. The standard InChI is InChI=1S/C14H16N4OS/c1-8-6-12(18(3)16-8)20-9-4-5-10-11(7-9)17(2)14(19)13(10)15/h4-7,13H,15H2,1-3H3. The van der Waals surface area contributed by atoms with Crippen LogP contribution in [0.25, 0.3) is 0 Å². The summed E-state index contributed by atoms with van der Waals surface area (Å²) in [6.07, 6.45) is 0. The summed E-state index contributed by atoms with van der Waals surface area (Å²) in [6.45, 7) is 1.97. The molecule has 0 fully saturated rings. The van der Waals surface area contributed by atoms with Gasteiger partial charge in [-0.3, -0.25) is 9.48 Å². The lowest BCUT2D eigenvalue weighted by atomic mass is 10.1. The lowest BCUT2D eigenvalue weighted by molar-refractivity contribution is -0.118. The van der Waals surface area contributed by atoms with Crippen molar-refractivity contribution in [1.29, 1.82) is 0 Å². The molecule has 0 saturated carbocycles. The van der Waals surface area contributed by atoms with Gasteiger partial charge in [0.25, 0.3) is 0 Å². The van der Waals surface area contributed by atoms with Crippen molar-refractivity contribution in [1.82, 2.24) is 9.78 Å². The van der Waals surface area contributed by atoms with Gasteiger partial charge in [-0.1, -0.05) is 17.8 Å². The first-order valence-corrected chi connectivity index (χ1v) is 7.14. The van der Waals surface area contributed by atoms with Gasteiger partial charge in [-0.25, -0.2) is 0 Å². The molecule has 1 aromatic carbocycles. The molecule has 1 unspecified atom stereocenters. The number of anilines is 1. The predicted molar refractivity (Wildman–Crippen MR) is 78.8 cm³/mol. The van der Waals surface area contributed by atoms with Crippen molar-refractivity contribution in [2.45, 2.75) is 22.9 Å². The number of carbonyl (C=O) groups is 1. The average Bonchev–Trinajstić information content (AvgIpc) is 2.83. The van der Waals surface area contributed by atoms with Crippen LogP contribution in [-0.4, -0.2) is 22.7 Å². The lowest BCUT2D eigenvalue weighted by Gasteiger charge is -2.11. The van der Waals surface area contributed by atoms with Gasteiger partial charge >= 0.3 is 0 Å². The molecule has 0 aliphatic carbocycles. The van der Waals surface area contributed by atoms with Gasteiger partial charge in [0.1, 0.15) is 6.04 Å².